The van der Waals surface area contributed by atoms with Crippen LogP contribution in [0.3, 0.4) is 0 Å². The number of anilines is 1. The Balaban J connectivity index is 1.54. The average molecular weight is 280 g/mol. The second kappa shape index (κ2) is 6.20. The van der Waals surface area contributed by atoms with Gasteiger partial charge in [0.15, 0.2) is 5.13 Å². The van der Waals surface area contributed by atoms with E-state index in [1.165, 1.54) is 50.3 Å². The molecule has 1 unspecified atom stereocenters. The van der Waals surface area contributed by atoms with Crippen LogP contribution in [0.15, 0.2) is 6.20 Å². The van der Waals surface area contributed by atoms with E-state index in [-0.39, 0.29) is 0 Å². The van der Waals surface area contributed by atoms with Gasteiger partial charge >= 0.3 is 0 Å². The molecule has 1 atom stereocenters. The average Bonchev–Trinajstić information content (AvgIpc) is 2.86. The van der Waals surface area contributed by atoms with Crippen LogP contribution in [0.2, 0.25) is 0 Å². The molecule has 1 aromatic heterocycles. The van der Waals surface area contributed by atoms with Crippen molar-refractivity contribution in [1.29, 1.82) is 0 Å². The molecule has 0 amide bonds. The lowest BCUT2D eigenvalue weighted by Gasteiger charge is -2.43. The van der Waals surface area contributed by atoms with Gasteiger partial charge in [0.1, 0.15) is 0 Å². The SMILES string of the molecule is CCNc1ncc(CN2CCN3CCCCC3C2)s1. The molecular weight excluding hydrogens is 256 g/mol. The van der Waals surface area contributed by atoms with Gasteiger partial charge in [-0.1, -0.05) is 6.42 Å². The van der Waals surface area contributed by atoms with Crippen LogP contribution >= 0.6 is 11.3 Å². The third-order valence-electron chi connectivity index (χ3n) is 4.18. The van der Waals surface area contributed by atoms with Crippen LogP contribution in [0.5, 0.6) is 0 Å². The summed E-state index contributed by atoms with van der Waals surface area (Å²) in [5.74, 6) is 0. The number of hydrogen-bond donors (Lipinski definition) is 1. The number of fused-ring (bicyclic) bond motifs is 1. The number of rotatable bonds is 4. The molecule has 106 valence electrons. The maximum absolute atomic E-state index is 4.42. The molecule has 1 aromatic rings. The molecule has 0 aromatic carbocycles. The Kier molecular flexibility index (Phi) is 4.35. The Morgan fingerprint density at radius 3 is 3.21 bits per heavy atom. The number of nitrogens with one attached hydrogen (secondary N) is 1. The van der Waals surface area contributed by atoms with Crippen LogP contribution in [0.1, 0.15) is 31.1 Å². The highest BCUT2D eigenvalue weighted by Crippen LogP contribution is 2.24. The van der Waals surface area contributed by atoms with Gasteiger partial charge in [-0.15, -0.1) is 11.3 Å². The van der Waals surface area contributed by atoms with Crippen LogP contribution in [0.4, 0.5) is 5.13 Å². The van der Waals surface area contributed by atoms with E-state index >= 15 is 0 Å². The maximum atomic E-state index is 4.42. The minimum atomic E-state index is 0.809. The van der Waals surface area contributed by atoms with E-state index in [1.807, 2.05) is 6.20 Å². The molecule has 2 aliphatic rings. The first kappa shape index (κ1) is 13.3. The number of thiazole rings is 1. The van der Waals surface area contributed by atoms with Crippen molar-refractivity contribution in [2.45, 2.75) is 38.8 Å². The van der Waals surface area contributed by atoms with Gasteiger partial charge < -0.3 is 5.32 Å². The fourth-order valence-corrected chi connectivity index (χ4v) is 4.12. The van der Waals surface area contributed by atoms with Crippen molar-refractivity contribution in [1.82, 2.24) is 14.8 Å². The van der Waals surface area contributed by atoms with E-state index < -0.39 is 0 Å². The van der Waals surface area contributed by atoms with Crippen LogP contribution in [-0.4, -0.2) is 53.5 Å². The van der Waals surface area contributed by atoms with E-state index in [2.05, 4.69) is 27.0 Å². The Bertz CT molecular complexity index is 406. The molecule has 2 aliphatic heterocycles. The normalized spacial score (nSPS) is 25.2. The van der Waals surface area contributed by atoms with Crippen molar-refractivity contribution >= 4 is 16.5 Å². The van der Waals surface area contributed by atoms with Gasteiger partial charge in [0.2, 0.25) is 0 Å². The van der Waals surface area contributed by atoms with Gasteiger partial charge in [-0.25, -0.2) is 4.98 Å². The Hall–Kier alpha value is -0.650. The first-order valence-electron chi connectivity index (χ1n) is 7.50. The van der Waals surface area contributed by atoms with Crippen molar-refractivity contribution in [3.63, 3.8) is 0 Å². The summed E-state index contributed by atoms with van der Waals surface area (Å²) in [6.45, 7) is 9.18. The smallest absolute Gasteiger partial charge is 0.182 e. The molecule has 1 N–H and O–H groups in total. The third kappa shape index (κ3) is 3.27. The van der Waals surface area contributed by atoms with Gasteiger partial charge in [-0.2, -0.15) is 0 Å². The van der Waals surface area contributed by atoms with Crippen LogP contribution in [-0.2, 0) is 6.54 Å². The lowest BCUT2D eigenvalue weighted by atomic mass is 9.99. The van der Waals surface area contributed by atoms with E-state index in [0.717, 1.165) is 24.3 Å². The van der Waals surface area contributed by atoms with Gasteiger partial charge in [-0.3, -0.25) is 9.80 Å². The molecule has 5 heteroatoms. The minimum Gasteiger partial charge on any atom is -0.362 e. The van der Waals surface area contributed by atoms with Crippen molar-refractivity contribution < 1.29 is 0 Å². The predicted molar refractivity (Wildman–Crippen MR) is 80.8 cm³/mol. The molecule has 4 nitrogen and oxygen atoms in total. The first-order chi connectivity index (χ1) is 9.35. The van der Waals surface area contributed by atoms with Crippen LogP contribution in [0.25, 0.3) is 0 Å². The fraction of sp³-hybridized carbons (Fsp3) is 0.786. The molecule has 0 spiro atoms. The standard InChI is InChI=1S/C14H24N4S/c1-2-15-14-16-9-13(19-14)11-17-7-8-18-6-4-3-5-12(18)10-17/h9,12H,2-8,10-11H2,1H3,(H,15,16). The fourth-order valence-electron chi connectivity index (χ4n) is 3.20. The highest BCUT2D eigenvalue weighted by atomic mass is 32.1. The van der Waals surface area contributed by atoms with E-state index in [0.29, 0.717) is 0 Å². The van der Waals surface area contributed by atoms with Gasteiger partial charge in [0.25, 0.3) is 0 Å². The first-order valence-corrected chi connectivity index (χ1v) is 8.32. The molecule has 3 heterocycles. The summed E-state index contributed by atoms with van der Waals surface area (Å²) in [5, 5.41) is 4.35. The van der Waals surface area contributed by atoms with E-state index in [4.69, 9.17) is 0 Å². The minimum absolute atomic E-state index is 0.809. The zero-order chi connectivity index (χ0) is 13.1. The Morgan fingerprint density at radius 2 is 2.32 bits per heavy atom. The monoisotopic (exact) mass is 280 g/mol. The summed E-state index contributed by atoms with van der Waals surface area (Å²) in [5.41, 5.74) is 0. The summed E-state index contributed by atoms with van der Waals surface area (Å²) in [7, 11) is 0. The molecular formula is C14H24N4S. The Labute approximate surface area is 119 Å². The summed E-state index contributed by atoms with van der Waals surface area (Å²) >= 11 is 1.80. The molecule has 19 heavy (non-hydrogen) atoms. The number of piperidine rings is 1. The largest absolute Gasteiger partial charge is 0.362 e. The topological polar surface area (TPSA) is 31.4 Å². The van der Waals surface area contributed by atoms with Crippen LogP contribution in [0, 0.1) is 0 Å². The number of aromatic nitrogens is 1. The predicted octanol–water partition coefficient (Wildman–Crippen LogP) is 2.24. The zero-order valence-electron chi connectivity index (χ0n) is 11.8. The summed E-state index contributed by atoms with van der Waals surface area (Å²) in [6, 6.07) is 0.809. The molecule has 2 saturated heterocycles. The second-order valence-corrected chi connectivity index (χ2v) is 6.70. The highest BCUT2D eigenvalue weighted by Gasteiger charge is 2.28. The van der Waals surface area contributed by atoms with Gasteiger partial charge in [0, 0.05) is 49.8 Å². The molecule has 0 saturated carbocycles. The van der Waals surface area contributed by atoms with Gasteiger partial charge in [0.05, 0.1) is 0 Å². The molecule has 0 aliphatic carbocycles. The Morgan fingerprint density at radius 1 is 1.37 bits per heavy atom. The highest BCUT2D eigenvalue weighted by molar-refractivity contribution is 7.15. The van der Waals surface area contributed by atoms with Crippen molar-refractivity contribution in [2.75, 3.05) is 38.0 Å². The molecule has 0 radical (unpaired) electrons. The van der Waals surface area contributed by atoms with Crippen molar-refractivity contribution in [3.8, 4) is 0 Å². The summed E-state index contributed by atoms with van der Waals surface area (Å²) in [4.78, 5) is 11.1. The van der Waals surface area contributed by atoms with Crippen LogP contribution < -0.4 is 5.32 Å². The zero-order valence-corrected chi connectivity index (χ0v) is 12.6. The lowest BCUT2D eigenvalue weighted by Crippen LogP contribution is -2.54. The quantitative estimate of drug-likeness (QED) is 0.916. The van der Waals surface area contributed by atoms with Crippen molar-refractivity contribution in [2.24, 2.45) is 0 Å². The number of piperazine rings is 1. The molecule has 3 rings (SSSR count). The number of nitrogens with zero attached hydrogens (tertiary/aromatic N) is 3. The maximum Gasteiger partial charge on any atom is 0.182 e. The number of hydrogen-bond acceptors (Lipinski definition) is 5. The molecule has 0 bridgehead atoms. The van der Waals surface area contributed by atoms with Crippen molar-refractivity contribution in [3.05, 3.63) is 11.1 Å². The summed E-state index contributed by atoms with van der Waals surface area (Å²) in [6.07, 6.45) is 6.25. The third-order valence-corrected chi connectivity index (χ3v) is 5.12. The van der Waals surface area contributed by atoms with Gasteiger partial charge in [-0.05, 0) is 26.3 Å². The van der Waals surface area contributed by atoms with E-state index in [1.54, 1.807) is 11.3 Å². The second-order valence-electron chi connectivity index (χ2n) is 5.58. The van der Waals surface area contributed by atoms with E-state index in [9.17, 15) is 0 Å². The molecule has 2 fully saturated rings. The lowest BCUT2D eigenvalue weighted by molar-refractivity contribution is 0.0461. The summed E-state index contributed by atoms with van der Waals surface area (Å²) < 4.78 is 0.